The smallest absolute Gasteiger partial charge is 0.122 e. The zero-order valence-corrected chi connectivity index (χ0v) is 11.0. The molecule has 0 saturated heterocycles. The van der Waals surface area contributed by atoms with E-state index in [4.69, 9.17) is 4.74 Å². The van der Waals surface area contributed by atoms with Gasteiger partial charge in [0.2, 0.25) is 0 Å². The fourth-order valence-corrected chi connectivity index (χ4v) is 2.88. The minimum absolute atomic E-state index is 0.181. The highest BCUT2D eigenvalue weighted by Gasteiger charge is 2.19. The van der Waals surface area contributed by atoms with Gasteiger partial charge in [-0.15, -0.1) is 5.10 Å². The average molecular weight is 261 g/mol. The van der Waals surface area contributed by atoms with Crippen LogP contribution in [0.4, 0.5) is 0 Å². The summed E-state index contributed by atoms with van der Waals surface area (Å²) in [6.45, 7) is 3.82. The first kappa shape index (κ1) is 11.6. The molecule has 0 spiro atoms. The lowest BCUT2D eigenvalue weighted by Gasteiger charge is -2.16. The van der Waals surface area contributed by atoms with E-state index in [-0.39, 0.29) is 6.04 Å². The van der Waals surface area contributed by atoms with Crippen LogP contribution in [0.5, 0.6) is 5.75 Å². The van der Waals surface area contributed by atoms with E-state index in [9.17, 15) is 0 Å². The lowest BCUT2D eigenvalue weighted by molar-refractivity contribution is 0.357. The zero-order chi connectivity index (χ0) is 12.4. The summed E-state index contributed by atoms with van der Waals surface area (Å²) in [5.74, 6) is 1.02. The van der Waals surface area contributed by atoms with E-state index in [0.29, 0.717) is 0 Å². The fourth-order valence-electron chi connectivity index (χ4n) is 2.27. The fraction of sp³-hybridized carbons (Fsp3) is 0.385. The Balaban J connectivity index is 1.95. The topological polar surface area (TPSA) is 47.0 Å². The van der Waals surface area contributed by atoms with Crippen molar-refractivity contribution in [1.82, 2.24) is 14.9 Å². The van der Waals surface area contributed by atoms with Crippen LogP contribution in [0.1, 0.15) is 29.0 Å². The quantitative estimate of drug-likeness (QED) is 0.916. The maximum Gasteiger partial charge on any atom is 0.122 e. The molecule has 0 amide bonds. The third kappa shape index (κ3) is 2.11. The average Bonchev–Trinajstić information content (AvgIpc) is 3.05. The Morgan fingerprint density at radius 3 is 3.22 bits per heavy atom. The van der Waals surface area contributed by atoms with Crippen LogP contribution in [0.15, 0.2) is 24.4 Å². The first-order chi connectivity index (χ1) is 8.88. The second-order valence-corrected chi connectivity index (χ2v) is 5.09. The molecule has 18 heavy (non-hydrogen) atoms. The minimum atomic E-state index is 0.181. The standard InChI is InChI=1S/C13H15N3OS/c1-2-14-13(12-8-15-16-18-12)10-3-4-11-9(7-10)5-6-17-11/h3-4,7-8,13-14H,2,5-6H2,1H3. The largest absolute Gasteiger partial charge is 0.493 e. The van der Waals surface area contributed by atoms with Crippen LogP contribution in [0.3, 0.4) is 0 Å². The monoisotopic (exact) mass is 261 g/mol. The molecular formula is C13H15N3OS. The third-order valence-electron chi connectivity index (χ3n) is 3.12. The SMILES string of the molecule is CCNC(c1ccc2c(c1)CCO2)c1cnns1. The van der Waals surface area contributed by atoms with Crippen LogP contribution in [0.2, 0.25) is 0 Å². The van der Waals surface area contributed by atoms with Gasteiger partial charge < -0.3 is 10.1 Å². The van der Waals surface area contributed by atoms with Crippen LogP contribution < -0.4 is 10.1 Å². The predicted molar refractivity (Wildman–Crippen MR) is 71.1 cm³/mol. The van der Waals surface area contributed by atoms with Gasteiger partial charge in [-0.25, -0.2) is 0 Å². The molecule has 1 aliphatic rings. The zero-order valence-electron chi connectivity index (χ0n) is 10.2. The van der Waals surface area contributed by atoms with Gasteiger partial charge in [-0.05, 0) is 35.3 Å². The molecule has 1 N–H and O–H groups in total. The van der Waals surface area contributed by atoms with Crippen molar-refractivity contribution in [2.24, 2.45) is 0 Å². The molecular weight excluding hydrogens is 246 g/mol. The number of fused-ring (bicyclic) bond motifs is 1. The Kier molecular flexibility index (Phi) is 3.25. The van der Waals surface area contributed by atoms with Gasteiger partial charge in [-0.1, -0.05) is 23.5 Å². The molecule has 3 rings (SSSR count). The summed E-state index contributed by atoms with van der Waals surface area (Å²) in [5.41, 5.74) is 2.56. The number of nitrogens with zero attached hydrogens (tertiary/aromatic N) is 2. The van der Waals surface area contributed by atoms with Gasteiger partial charge in [0.1, 0.15) is 5.75 Å². The van der Waals surface area contributed by atoms with E-state index in [2.05, 4.69) is 40.0 Å². The molecule has 94 valence electrons. The van der Waals surface area contributed by atoms with Crippen molar-refractivity contribution in [2.75, 3.05) is 13.2 Å². The van der Waals surface area contributed by atoms with Gasteiger partial charge in [-0.3, -0.25) is 0 Å². The summed E-state index contributed by atoms with van der Waals surface area (Å²) in [4.78, 5) is 1.15. The molecule has 4 nitrogen and oxygen atoms in total. The molecule has 1 atom stereocenters. The molecule has 2 aromatic rings. The minimum Gasteiger partial charge on any atom is -0.493 e. The van der Waals surface area contributed by atoms with E-state index in [1.165, 1.54) is 22.7 Å². The summed E-state index contributed by atoms with van der Waals surface area (Å²) >= 11 is 1.44. The number of hydrogen-bond donors (Lipinski definition) is 1. The van der Waals surface area contributed by atoms with Crippen LogP contribution in [0.25, 0.3) is 0 Å². The van der Waals surface area contributed by atoms with E-state index in [1.54, 1.807) is 0 Å². The van der Waals surface area contributed by atoms with E-state index >= 15 is 0 Å². The number of benzene rings is 1. The predicted octanol–water partition coefficient (Wildman–Crippen LogP) is 2.17. The maximum atomic E-state index is 5.54. The van der Waals surface area contributed by atoms with Crippen molar-refractivity contribution >= 4 is 11.5 Å². The molecule has 0 fully saturated rings. The van der Waals surface area contributed by atoms with Gasteiger partial charge in [0.15, 0.2) is 0 Å². The molecule has 5 heteroatoms. The summed E-state index contributed by atoms with van der Waals surface area (Å²) in [6, 6.07) is 6.60. The molecule has 1 unspecified atom stereocenters. The van der Waals surface area contributed by atoms with Gasteiger partial charge >= 0.3 is 0 Å². The maximum absolute atomic E-state index is 5.54. The van der Waals surface area contributed by atoms with Crippen molar-refractivity contribution in [2.45, 2.75) is 19.4 Å². The molecule has 0 radical (unpaired) electrons. The van der Waals surface area contributed by atoms with Crippen LogP contribution in [-0.4, -0.2) is 22.7 Å². The highest BCUT2D eigenvalue weighted by Crippen LogP contribution is 2.31. The van der Waals surface area contributed by atoms with Crippen molar-refractivity contribution in [1.29, 1.82) is 0 Å². The Morgan fingerprint density at radius 2 is 2.44 bits per heavy atom. The second kappa shape index (κ2) is 5.04. The van der Waals surface area contributed by atoms with Crippen molar-refractivity contribution < 1.29 is 4.74 Å². The van der Waals surface area contributed by atoms with Crippen molar-refractivity contribution in [3.8, 4) is 5.75 Å². The highest BCUT2D eigenvalue weighted by atomic mass is 32.1. The normalized spacial score (nSPS) is 15.2. The Bertz CT molecular complexity index is 527. The lowest BCUT2D eigenvalue weighted by Crippen LogP contribution is -2.21. The van der Waals surface area contributed by atoms with Crippen LogP contribution >= 0.6 is 11.5 Å². The lowest BCUT2D eigenvalue weighted by atomic mass is 10.0. The molecule has 1 aromatic heterocycles. The molecule has 0 aliphatic carbocycles. The molecule has 1 aromatic carbocycles. The molecule has 2 heterocycles. The summed E-state index contributed by atoms with van der Waals surface area (Å²) in [6.07, 6.45) is 2.84. The molecule has 1 aliphatic heterocycles. The third-order valence-corrected chi connectivity index (χ3v) is 3.85. The van der Waals surface area contributed by atoms with Crippen molar-refractivity contribution in [3.63, 3.8) is 0 Å². The van der Waals surface area contributed by atoms with Gasteiger partial charge in [0, 0.05) is 6.42 Å². The Hall–Kier alpha value is -1.46. The first-order valence-electron chi connectivity index (χ1n) is 6.14. The number of aromatic nitrogens is 2. The number of hydrogen-bond acceptors (Lipinski definition) is 5. The van der Waals surface area contributed by atoms with Crippen molar-refractivity contribution in [3.05, 3.63) is 40.4 Å². The number of nitrogens with one attached hydrogen (secondary N) is 1. The second-order valence-electron chi connectivity index (χ2n) is 4.28. The number of ether oxygens (including phenoxy) is 1. The first-order valence-corrected chi connectivity index (χ1v) is 6.92. The summed E-state index contributed by atoms with van der Waals surface area (Å²) < 4.78 is 9.49. The Labute approximate surface area is 110 Å². The summed E-state index contributed by atoms with van der Waals surface area (Å²) in [7, 11) is 0. The molecule has 0 bridgehead atoms. The van der Waals surface area contributed by atoms with E-state index < -0.39 is 0 Å². The highest BCUT2D eigenvalue weighted by molar-refractivity contribution is 7.05. The number of rotatable bonds is 4. The van der Waals surface area contributed by atoms with Crippen LogP contribution in [0, 0.1) is 0 Å². The van der Waals surface area contributed by atoms with Crippen LogP contribution in [-0.2, 0) is 6.42 Å². The Morgan fingerprint density at radius 1 is 1.50 bits per heavy atom. The summed E-state index contributed by atoms with van der Waals surface area (Å²) in [5, 5.41) is 7.41. The molecule has 0 saturated carbocycles. The van der Waals surface area contributed by atoms with E-state index in [0.717, 1.165) is 30.2 Å². The van der Waals surface area contributed by atoms with Gasteiger partial charge in [0.05, 0.1) is 23.7 Å². The van der Waals surface area contributed by atoms with Gasteiger partial charge in [-0.2, -0.15) is 0 Å². The van der Waals surface area contributed by atoms with E-state index in [1.807, 2.05) is 6.20 Å². The van der Waals surface area contributed by atoms with Gasteiger partial charge in [0.25, 0.3) is 0 Å².